The highest BCUT2D eigenvalue weighted by Gasteiger charge is 2.21. The first-order valence-electron chi connectivity index (χ1n) is 6.27. The maximum Gasteiger partial charge on any atom is 0.333 e. The number of rotatable bonds is 7. The van der Waals surface area contributed by atoms with Gasteiger partial charge in [-0.1, -0.05) is 6.07 Å². The number of ether oxygens (including phenoxy) is 1. The summed E-state index contributed by atoms with van der Waals surface area (Å²) in [5.74, 6) is 0.252. The van der Waals surface area contributed by atoms with Gasteiger partial charge in [0.2, 0.25) is 0 Å². The van der Waals surface area contributed by atoms with E-state index in [1.54, 1.807) is 25.1 Å². The number of hydrogen-bond acceptors (Lipinski definition) is 5. The predicted octanol–water partition coefficient (Wildman–Crippen LogP) is 2.56. The molecule has 0 saturated carbocycles. The molecule has 0 aliphatic rings. The van der Waals surface area contributed by atoms with Crippen LogP contribution >= 0.6 is 0 Å². The minimum atomic E-state index is -0.456. The van der Waals surface area contributed by atoms with E-state index in [-0.39, 0.29) is 17.5 Å². The lowest BCUT2D eigenvalue weighted by Crippen LogP contribution is -2.12. The van der Waals surface area contributed by atoms with Gasteiger partial charge in [0.05, 0.1) is 17.1 Å². The summed E-state index contributed by atoms with van der Waals surface area (Å²) in [4.78, 5) is 10.7. The van der Waals surface area contributed by atoms with Crippen molar-refractivity contribution in [3.8, 4) is 5.75 Å². The van der Waals surface area contributed by atoms with E-state index in [0.29, 0.717) is 18.7 Å². The molecule has 19 heavy (non-hydrogen) atoms. The molecule has 0 radical (unpaired) electrons. The molecule has 0 heterocycles. The molecule has 1 aromatic rings. The number of nitro groups is 1. The maximum absolute atomic E-state index is 11.2. The first-order valence-corrected chi connectivity index (χ1v) is 6.27. The molecule has 1 atom stereocenters. The predicted molar refractivity (Wildman–Crippen MR) is 73.6 cm³/mol. The van der Waals surface area contributed by atoms with E-state index < -0.39 is 11.0 Å². The minimum Gasteiger partial charge on any atom is -0.484 e. The number of anilines is 1. The lowest BCUT2D eigenvalue weighted by atomic mass is 10.2. The van der Waals surface area contributed by atoms with Crippen LogP contribution in [-0.4, -0.2) is 28.8 Å². The Morgan fingerprint density at radius 2 is 2.11 bits per heavy atom. The topological polar surface area (TPSA) is 84.6 Å². The van der Waals surface area contributed by atoms with Crippen LogP contribution in [0.4, 0.5) is 11.4 Å². The van der Waals surface area contributed by atoms with E-state index in [9.17, 15) is 15.2 Å². The third kappa shape index (κ3) is 4.75. The molecule has 1 aromatic carbocycles. The fourth-order valence-corrected chi connectivity index (χ4v) is 1.62. The number of hydrogen-bond donors (Lipinski definition) is 2. The van der Waals surface area contributed by atoms with Crippen molar-refractivity contribution in [2.45, 2.75) is 39.4 Å². The quantitative estimate of drug-likeness (QED) is 0.586. The van der Waals surface area contributed by atoms with Crippen LogP contribution in [0.3, 0.4) is 0 Å². The molecule has 0 fully saturated rings. The number of nitrogens with zero attached hydrogens (tertiary/aromatic N) is 1. The second kappa shape index (κ2) is 6.94. The number of nitro benzene ring substituents is 1. The highest BCUT2D eigenvalue weighted by Crippen LogP contribution is 2.35. The van der Waals surface area contributed by atoms with Crippen molar-refractivity contribution in [3.63, 3.8) is 0 Å². The van der Waals surface area contributed by atoms with E-state index in [0.717, 1.165) is 0 Å². The second-order valence-electron chi connectivity index (χ2n) is 4.64. The van der Waals surface area contributed by atoms with E-state index in [2.05, 4.69) is 5.32 Å². The standard InChI is InChI=1S/C13H20N2O4/c1-9(2)19-12-6-4-5-11(13(12)15(17)18)14-8-7-10(3)16/h4-6,9-10,14,16H,7-8H2,1-3H3. The molecule has 0 aromatic heterocycles. The molecule has 2 N–H and O–H groups in total. The number of aliphatic hydroxyl groups is 1. The van der Waals surface area contributed by atoms with Crippen molar-refractivity contribution in [3.05, 3.63) is 28.3 Å². The molecule has 0 aliphatic carbocycles. The monoisotopic (exact) mass is 268 g/mol. The molecule has 0 bridgehead atoms. The first kappa shape index (κ1) is 15.2. The minimum absolute atomic E-state index is 0.0678. The van der Waals surface area contributed by atoms with Gasteiger partial charge in [0, 0.05) is 6.54 Å². The molecule has 6 heteroatoms. The van der Waals surface area contributed by atoms with Gasteiger partial charge in [-0.2, -0.15) is 0 Å². The van der Waals surface area contributed by atoms with E-state index in [4.69, 9.17) is 4.74 Å². The van der Waals surface area contributed by atoms with Gasteiger partial charge in [0.1, 0.15) is 5.69 Å². The zero-order chi connectivity index (χ0) is 14.4. The van der Waals surface area contributed by atoms with Gasteiger partial charge in [-0.15, -0.1) is 0 Å². The van der Waals surface area contributed by atoms with Gasteiger partial charge in [-0.05, 0) is 39.3 Å². The fraction of sp³-hybridized carbons (Fsp3) is 0.538. The Kier molecular flexibility index (Phi) is 5.57. The molecule has 0 amide bonds. The third-order valence-corrected chi connectivity index (χ3v) is 2.42. The summed E-state index contributed by atoms with van der Waals surface area (Å²) in [5, 5.41) is 23.3. The largest absolute Gasteiger partial charge is 0.484 e. The fourth-order valence-electron chi connectivity index (χ4n) is 1.62. The molecule has 0 saturated heterocycles. The van der Waals surface area contributed by atoms with E-state index in [1.165, 1.54) is 0 Å². The maximum atomic E-state index is 11.2. The Hall–Kier alpha value is -1.82. The van der Waals surface area contributed by atoms with Crippen LogP contribution in [0.2, 0.25) is 0 Å². The van der Waals surface area contributed by atoms with Crippen molar-refractivity contribution >= 4 is 11.4 Å². The second-order valence-corrected chi connectivity index (χ2v) is 4.64. The normalized spacial score (nSPS) is 12.3. The van der Waals surface area contributed by atoms with Gasteiger partial charge in [0.25, 0.3) is 0 Å². The molecule has 106 valence electrons. The third-order valence-electron chi connectivity index (χ3n) is 2.42. The van der Waals surface area contributed by atoms with Crippen LogP contribution in [0, 0.1) is 10.1 Å². The Balaban J connectivity index is 2.93. The molecule has 6 nitrogen and oxygen atoms in total. The van der Waals surface area contributed by atoms with Gasteiger partial charge >= 0.3 is 5.69 Å². The lowest BCUT2D eigenvalue weighted by Gasteiger charge is -2.13. The zero-order valence-corrected chi connectivity index (χ0v) is 11.4. The van der Waals surface area contributed by atoms with Crippen LogP contribution in [0.15, 0.2) is 18.2 Å². The average molecular weight is 268 g/mol. The van der Waals surface area contributed by atoms with Gasteiger partial charge in [0.15, 0.2) is 5.75 Å². The SMILES string of the molecule is CC(O)CCNc1cccc(OC(C)C)c1[N+](=O)[O-]. The van der Waals surface area contributed by atoms with Crippen LogP contribution in [-0.2, 0) is 0 Å². The molecular weight excluding hydrogens is 248 g/mol. The van der Waals surface area contributed by atoms with Crippen molar-refractivity contribution in [2.75, 3.05) is 11.9 Å². The summed E-state index contributed by atoms with van der Waals surface area (Å²) in [5.41, 5.74) is 0.339. The molecule has 1 unspecified atom stereocenters. The Bertz CT molecular complexity index is 433. The summed E-state index contributed by atoms with van der Waals surface area (Å²) in [6, 6.07) is 4.92. The number of nitrogens with one attached hydrogen (secondary N) is 1. The Labute approximate surface area is 112 Å². The van der Waals surface area contributed by atoms with E-state index in [1.807, 2.05) is 13.8 Å². The highest BCUT2D eigenvalue weighted by atomic mass is 16.6. The van der Waals surface area contributed by atoms with Gasteiger partial charge in [-0.25, -0.2) is 0 Å². The molecule has 1 rings (SSSR count). The Morgan fingerprint density at radius 1 is 1.42 bits per heavy atom. The Morgan fingerprint density at radius 3 is 2.63 bits per heavy atom. The molecule has 0 spiro atoms. The summed E-state index contributed by atoms with van der Waals surface area (Å²) in [6.45, 7) is 5.77. The van der Waals surface area contributed by atoms with Crippen molar-refractivity contribution in [1.82, 2.24) is 0 Å². The number of benzene rings is 1. The summed E-state index contributed by atoms with van der Waals surface area (Å²) >= 11 is 0. The lowest BCUT2D eigenvalue weighted by molar-refractivity contribution is -0.385. The average Bonchev–Trinajstić information content (AvgIpc) is 2.27. The van der Waals surface area contributed by atoms with Gasteiger partial charge in [-0.3, -0.25) is 10.1 Å². The summed E-state index contributed by atoms with van der Waals surface area (Å²) in [6.07, 6.45) is -0.0556. The van der Waals surface area contributed by atoms with Crippen LogP contribution in [0.1, 0.15) is 27.2 Å². The van der Waals surface area contributed by atoms with Gasteiger partial charge < -0.3 is 15.2 Å². The smallest absolute Gasteiger partial charge is 0.333 e. The van der Waals surface area contributed by atoms with Crippen LogP contribution in [0.25, 0.3) is 0 Å². The first-order chi connectivity index (χ1) is 8.91. The van der Waals surface area contributed by atoms with Crippen LogP contribution in [0.5, 0.6) is 5.75 Å². The van der Waals surface area contributed by atoms with Crippen LogP contribution < -0.4 is 10.1 Å². The zero-order valence-electron chi connectivity index (χ0n) is 11.4. The number of para-hydroxylation sites is 1. The molecular formula is C13H20N2O4. The summed E-state index contributed by atoms with van der Waals surface area (Å²) in [7, 11) is 0. The van der Waals surface area contributed by atoms with Crippen molar-refractivity contribution in [2.24, 2.45) is 0 Å². The van der Waals surface area contributed by atoms with E-state index >= 15 is 0 Å². The number of aliphatic hydroxyl groups excluding tert-OH is 1. The van der Waals surface area contributed by atoms with Crippen molar-refractivity contribution < 1.29 is 14.8 Å². The summed E-state index contributed by atoms with van der Waals surface area (Å²) < 4.78 is 5.44. The molecule has 0 aliphatic heterocycles. The highest BCUT2D eigenvalue weighted by molar-refractivity contribution is 5.68. The van der Waals surface area contributed by atoms with Crippen molar-refractivity contribution in [1.29, 1.82) is 0 Å².